The van der Waals surface area contributed by atoms with Crippen LogP contribution in [0.15, 0.2) is 24.3 Å². The standard InChI is InChI=1S/C23H30O2/c1-13-9-15(3)19(16(4)10-13)21-22(25-23(7,8)24-21)20-17(5)11-14(2)12-18(20)6/h9-12,21-22H,1-8H3/t21-,22-/m1/s1. The average Bonchev–Trinajstić information content (AvgIpc) is 2.72. The zero-order valence-electron chi connectivity index (χ0n) is 16.8. The summed E-state index contributed by atoms with van der Waals surface area (Å²) in [4.78, 5) is 0. The second kappa shape index (κ2) is 6.26. The topological polar surface area (TPSA) is 18.5 Å². The van der Waals surface area contributed by atoms with Gasteiger partial charge in [0.1, 0.15) is 12.2 Å². The van der Waals surface area contributed by atoms with Gasteiger partial charge in [0.05, 0.1) is 0 Å². The lowest BCUT2D eigenvalue weighted by atomic mass is 9.87. The van der Waals surface area contributed by atoms with Crippen LogP contribution in [0.3, 0.4) is 0 Å². The van der Waals surface area contributed by atoms with Crippen molar-refractivity contribution in [2.75, 3.05) is 0 Å². The maximum absolute atomic E-state index is 6.42. The van der Waals surface area contributed by atoms with E-state index in [0.29, 0.717) is 0 Å². The maximum atomic E-state index is 6.42. The third kappa shape index (κ3) is 3.38. The van der Waals surface area contributed by atoms with E-state index in [1.54, 1.807) is 0 Å². The highest BCUT2D eigenvalue weighted by Gasteiger charge is 2.44. The van der Waals surface area contributed by atoms with Gasteiger partial charge in [-0.1, -0.05) is 35.4 Å². The van der Waals surface area contributed by atoms with E-state index in [9.17, 15) is 0 Å². The molecule has 1 fully saturated rings. The molecule has 2 aromatic carbocycles. The molecule has 3 rings (SSSR count). The summed E-state index contributed by atoms with van der Waals surface area (Å²) >= 11 is 0. The van der Waals surface area contributed by atoms with Crippen molar-refractivity contribution < 1.29 is 9.47 Å². The van der Waals surface area contributed by atoms with Gasteiger partial charge in [0.2, 0.25) is 0 Å². The Balaban J connectivity index is 2.16. The van der Waals surface area contributed by atoms with E-state index in [-0.39, 0.29) is 12.2 Å². The fraction of sp³-hybridized carbons (Fsp3) is 0.478. The van der Waals surface area contributed by atoms with Crippen LogP contribution in [-0.4, -0.2) is 5.79 Å². The molecule has 0 saturated carbocycles. The van der Waals surface area contributed by atoms with E-state index in [4.69, 9.17) is 9.47 Å². The molecule has 2 nitrogen and oxygen atoms in total. The first-order valence-corrected chi connectivity index (χ1v) is 9.10. The van der Waals surface area contributed by atoms with Gasteiger partial charge in [-0.15, -0.1) is 0 Å². The van der Waals surface area contributed by atoms with Crippen molar-refractivity contribution in [2.45, 2.75) is 73.4 Å². The van der Waals surface area contributed by atoms with Gasteiger partial charge in [-0.2, -0.15) is 0 Å². The first-order valence-electron chi connectivity index (χ1n) is 9.10. The van der Waals surface area contributed by atoms with E-state index in [1.165, 1.54) is 44.5 Å². The Morgan fingerprint density at radius 2 is 0.880 bits per heavy atom. The molecule has 0 aliphatic carbocycles. The number of hydrogen-bond donors (Lipinski definition) is 0. The molecule has 0 bridgehead atoms. The molecule has 1 saturated heterocycles. The largest absolute Gasteiger partial charge is 0.339 e. The van der Waals surface area contributed by atoms with E-state index >= 15 is 0 Å². The second-order valence-corrected chi connectivity index (χ2v) is 8.10. The summed E-state index contributed by atoms with van der Waals surface area (Å²) in [7, 11) is 0. The van der Waals surface area contributed by atoms with Crippen LogP contribution in [0.4, 0.5) is 0 Å². The first kappa shape index (κ1) is 18.2. The minimum absolute atomic E-state index is 0.0873. The molecule has 0 aromatic heterocycles. The molecule has 1 heterocycles. The Bertz CT molecular complexity index is 703. The Kier molecular flexibility index (Phi) is 4.55. The second-order valence-electron chi connectivity index (χ2n) is 8.10. The molecule has 25 heavy (non-hydrogen) atoms. The van der Waals surface area contributed by atoms with Crippen molar-refractivity contribution in [3.05, 3.63) is 68.8 Å². The van der Waals surface area contributed by atoms with Crippen molar-refractivity contribution in [2.24, 2.45) is 0 Å². The smallest absolute Gasteiger partial charge is 0.164 e. The summed E-state index contributed by atoms with van der Waals surface area (Å²) in [6.07, 6.45) is -0.175. The molecule has 0 N–H and O–H groups in total. The molecular formula is C23H30O2. The van der Waals surface area contributed by atoms with E-state index in [2.05, 4.69) is 65.8 Å². The summed E-state index contributed by atoms with van der Waals surface area (Å²) in [6.45, 7) is 17.0. The molecule has 0 radical (unpaired) electrons. The molecule has 2 aromatic rings. The normalized spacial score (nSPS) is 22.4. The molecule has 0 spiro atoms. The van der Waals surface area contributed by atoms with Crippen LogP contribution in [0.1, 0.15) is 70.6 Å². The lowest BCUT2D eigenvalue weighted by molar-refractivity contribution is -0.147. The van der Waals surface area contributed by atoms with Crippen LogP contribution in [0, 0.1) is 41.5 Å². The third-order valence-corrected chi connectivity index (χ3v) is 5.14. The molecule has 1 aliphatic heterocycles. The average molecular weight is 338 g/mol. The molecular weight excluding hydrogens is 308 g/mol. The monoisotopic (exact) mass is 338 g/mol. The summed E-state index contributed by atoms with van der Waals surface area (Å²) in [5, 5.41) is 0. The van der Waals surface area contributed by atoms with E-state index < -0.39 is 5.79 Å². The van der Waals surface area contributed by atoms with Gasteiger partial charge in [-0.25, -0.2) is 0 Å². The first-order chi connectivity index (χ1) is 11.6. The fourth-order valence-electron chi connectivity index (χ4n) is 4.46. The van der Waals surface area contributed by atoms with Crippen molar-refractivity contribution in [3.8, 4) is 0 Å². The van der Waals surface area contributed by atoms with Gasteiger partial charge in [-0.05, 0) is 88.8 Å². The highest BCUT2D eigenvalue weighted by molar-refractivity contribution is 5.45. The molecule has 0 amide bonds. The minimum Gasteiger partial charge on any atom is -0.339 e. The summed E-state index contributed by atoms with van der Waals surface area (Å²) in [6, 6.07) is 8.96. The zero-order chi connectivity index (χ0) is 18.5. The van der Waals surface area contributed by atoms with Crippen molar-refractivity contribution in [1.82, 2.24) is 0 Å². The van der Waals surface area contributed by atoms with Gasteiger partial charge in [0.15, 0.2) is 5.79 Å². The van der Waals surface area contributed by atoms with Crippen LogP contribution in [0.2, 0.25) is 0 Å². The van der Waals surface area contributed by atoms with Crippen molar-refractivity contribution >= 4 is 0 Å². The molecule has 1 aliphatic rings. The van der Waals surface area contributed by atoms with Crippen LogP contribution in [0.5, 0.6) is 0 Å². The van der Waals surface area contributed by atoms with Crippen molar-refractivity contribution in [3.63, 3.8) is 0 Å². The van der Waals surface area contributed by atoms with Crippen LogP contribution >= 0.6 is 0 Å². The third-order valence-electron chi connectivity index (χ3n) is 5.14. The number of ether oxygens (including phenoxy) is 2. The maximum Gasteiger partial charge on any atom is 0.164 e. The summed E-state index contributed by atoms with van der Waals surface area (Å²) < 4.78 is 12.8. The number of benzene rings is 2. The molecule has 2 atom stereocenters. The highest BCUT2D eigenvalue weighted by Crippen LogP contribution is 2.50. The Labute approximate surface area is 152 Å². The molecule has 2 heteroatoms. The molecule has 0 unspecified atom stereocenters. The van der Waals surface area contributed by atoms with Gasteiger partial charge in [-0.3, -0.25) is 0 Å². The van der Waals surface area contributed by atoms with Crippen molar-refractivity contribution in [1.29, 1.82) is 0 Å². The molecule has 134 valence electrons. The van der Waals surface area contributed by atoms with Gasteiger partial charge in [0.25, 0.3) is 0 Å². The summed E-state index contributed by atoms with van der Waals surface area (Å²) in [5.41, 5.74) is 10.2. The highest BCUT2D eigenvalue weighted by atomic mass is 16.7. The van der Waals surface area contributed by atoms with Crippen LogP contribution in [0.25, 0.3) is 0 Å². The number of aryl methyl sites for hydroxylation is 6. The quantitative estimate of drug-likeness (QED) is 0.658. The Morgan fingerprint density at radius 3 is 1.16 bits per heavy atom. The lowest BCUT2D eigenvalue weighted by Gasteiger charge is -2.24. The van der Waals surface area contributed by atoms with Crippen LogP contribution in [-0.2, 0) is 9.47 Å². The zero-order valence-corrected chi connectivity index (χ0v) is 16.8. The predicted octanol–water partition coefficient (Wildman–Crippen LogP) is 6.10. The van der Waals surface area contributed by atoms with Gasteiger partial charge < -0.3 is 9.47 Å². The Hall–Kier alpha value is -1.64. The Morgan fingerprint density at radius 1 is 0.600 bits per heavy atom. The predicted molar refractivity (Wildman–Crippen MR) is 103 cm³/mol. The summed E-state index contributed by atoms with van der Waals surface area (Å²) in [5.74, 6) is -0.594. The number of hydrogen-bond acceptors (Lipinski definition) is 2. The van der Waals surface area contributed by atoms with Gasteiger partial charge >= 0.3 is 0 Å². The van der Waals surface area contributed by atoms with E-state index in [0.717, 1.165) is 0 Å². The number of rotatable bonds is 2. The minimum atomic E-state index is -0.594. The fourth-order valence-corrected chi connectivity index (χ4v) is 4.46. The lowest BCUT2D eigenvalue weighted by Crippen LogP contribution is -2.20. The van der Waals surface area contributed by atoms with Crippen LogP contribution < -0.4 is 0 Å². The SMILES string of the molecule is Cc1cc(C)c([C@H]2OC(C)(C)O[C@@H]2c2c(C)cc(C)cc2C)c(C)c1. The van der Waals surface area contributed by atoms with E-state index in [1.807, 2.05) is 13.8 Å². The van der Waals surface area contributed by atoms with Gasteiger partial charge in [0, 0.05) is 0 Å².